The van der Waals surface area contributed by atoms with Crippen molar-refractivity contribution in [2.24, 2.45) is 0 Å². The predicted molar refractivity (Wildman–Crippen MR) is 196 cm³/mol. The van der Waals surface area contributed by atoms with Gasteiger partial charge >= 0.3 is 7.12 Å². The zero-order chi connectivity index (χ0) is 31.7. The first-order valence-corrected chi connectivity index (χ1v) is 16.4. The van der Waals surface area contributed by atoms with Gasteiger partial charge in [0.1, 0.15) is 11.2 Å². The third-order valence-corrected chi connectivity index (χ3v) is 10.8. The zero-order valence-electron chi connectivity index (χ0n) is 26.8. The first-order valence-electron chi connectivity index (χ1n) is 16.4. The van der Waals surface area contributed by atoms with E-state index in [9.17, 15) is 0 Å². The average molecular weight is 610 g/mol. The van der Waals surface area contributed by atoms with Crippen molar-refractivity contribution in [1.82, 2.24) is 4.57 Å². The SMILES string of the molecule is CC1(C)OB(c2cccc3c2oc2c4ccccc4c(-n4c5cc6ccccc6cc5c5cc6ccccc6cc54)cc32)OC1(C)C. The number of nitrogens with zero attached hydrogens (tertiary/aromatic N) is 1. The molecule has 0 amide bonds. The molecule has 4 nitrogen and oxygen atoms in total. The van der Waals surface area contributed by atoms with Crippen LogP contribution < -0.4 is 5.46 Å². The second-order valence-electron chi connectivity index (χ2n) is 14.0. The molecule has 1 fully saturated rings. The second kappa shape index (κ2) is 9.25. The molecular formula is C42H32BNO3. The fourth-order valence-electron chi connectivity index (χ4n) is 7.61. The van der Waals surface area contributed by atoms with Crippen LogP contribution in [0.4, 0.5) is 0 Å². The minimum atomic E-state index is -0.520. The topological polar surface area (TPSA) is 36.5 Å². The smallest absolute Gasteiger partial charge is 0.456 e. The molecule has 0 aliphatic carbocycles. The molecule has 10 rings (SSSR count). The molecule has 0 unspecified atom stereocenters. The number of fused-ring (bicyclic) bond motifs is 10. The van der Waals surface area contributed by atoms with Gasteiger partial charge in [0.15, 0.2) is 0 Å². The van der Waals surface area contributed by atoms with Crippen molar-refractivity contribution in [1.29, 1.82) is 0 Å². The molecule has 0 N–H and O–H groups in total. The summed E-state index contributed by atoms with van der Waals surface area (Å²) < 4.78 is 22.3. The second-order valence-corrected chi connectivity index (χ2v) is 14.0. The summed E-state index contributed by atoms with van der Waals surface area (Å²) >= 11 is 0. The summed E-state index contributed by atoms with van der Waals surface area (Å²) in [4.78, 5) is 0. The number of hydrogen-bond acceptors (Lipinski definition) is 3. The maximum absolute atomic E-state index is 6.84. The lowest BCUT2D eigenvalue weighted by molar-refractivity contribution is 0.00578. The van der Waals surface area contributed by atoms with Gasteiger partial charge in [-0.25, -0.2) is 0 Å². The summed E-state index contributed by atoms with van der Waals surface area (Å²) in [6.45, 7) is 8.35. The van der Waals surface area contributed by atoms with Crippen molar-refractivity contribution in [2.75, 3.05) is 0 Å². The Kier molecular flexibility index (Phi) is 5.33. The molecule has 2 aromatic heterocycles. The maximum atomic E-state index is 6.84. The zero-order valence-corrected chi connectivity index (χ0v) is 26.8. The molecular weight excluding hydrogens is 577 g/mol. The highest BCUT2D eigenvalue weighted by Gasteiger charge is 2.52. The number of aromatic nitrogens is 1. The Balaban J connectivity index is 1.32. The van der Waals surface area contributed by atoms with E-state index >= 15 is 0 Å². The molecule has 0 bridgehead atoms. The predicted octanol–water partition coefficient (Wildman–Crippen LogP) is 10.4. The Labute approximate surface area is 272 Å². The molecule has 1 saturated heterocycles. The van der Waals surface area contributed by atoms with Crippen LogP contribution in [0.2, 0.25) is 0 Å². The molecule has 47 heavy (non-hydrogen) atoms. The Morgan fingerprint density at radius 1 is 0.468 bits per heavy atom. The van der Waals surface area contributed by atoms with Crippen molar-refractivity contribution in [3.63, 3.8) is 0 Å². The molecule has 0 radical (unpaired) electrons. The van der Waals surface area contributed by atoms with Crippen molar-refractivity contribution in [3.8, 4) is 5.69 Å². The first kappa shape index (κ1) is 27.1. The van der Waals surface area contributed by atoms with Crippen LogP contribution in [0.3, 0.4) is 0 Å². The summed E-state index contributed by atoms with van der Waals surface area (Å²) in [5, 5.41) is 11.7. The molecule has 226 valence electrons. The van der Waals surface area contributed by atoms with Crippen LogP contribution in [0.5, 0.6) is 0 Å². The molecule has 1 aliphatic heterocycles. The van der Waals surface area contributed by atoms with Gasteiger partial charge in [-0.2, -0.15) is 0 Å². The standard InChI is InChI=1S/C42H32BNO3/c1-41(2)42(3,4)47-43(46-41)35-19-11-18-31-34-24-38(29-16-9-10-17-30(29)39(34)45-40(31)35)44-36-22-27-14-7-5-12-25(27)20-32(36)33-21-26-13-6-8-15-28(26)23-37(33)44/h5-24H,1-4H3. The monoisotopic (exact) mass is 609 g/mol. The number of rotatable bonds is 2. The van der Waals surface area contributed by atoms with Gasteiger partial charge in [0.2, 0.25) is 0 Å². The minimum absolute atomic E-state index is 0.448. The normalized spacial score (nSPS) is 16.2. The molecule has 5 heteroatoms. The van der Waals surface area contributed by atoms with Gasteiger partial charge < -0.3 is 18.3 Å². The number of para-hydroxylation sites is 1. The van der Waals surface area contributed by atoms with Gasteiger partial charge in [-0.15, -0.1) is 0 Å². The lowest BCUT2D eigenvalue weighted by Crippen LogP contribution is -2.41. The van der Waals surface area contributed by atoms with E-state index in [1.165, 1.54) is 43.4 Å². The van der Waals surface area contributed by atoms with Crippen molar-refractivity contribution in [3.05, 3.63) is 121 Å². The minimum Gasteiger partial charge on any atom is -0.456 e. The molecule has 7 aromatic carbocycles. The van der Waals surface area contributed by atoms with Crippen molar-refractivity contribution >= 4 is 88.6 Å². The molecule has 0 atom stereocenters. The Hall–Kier alpha value is -5.10. The number of hydrogen-bond donors (Lipinski definition) is 0. The van der Waals surface area contributed by atoms with Crippen LogP contribution in [-0.4, -0.2) is 22.9 Å². The van der Waals surface area contributed by atoms with Gasteiger partial charge in [-0.05, 0) is 79.6 Å². The Morgan fingerprint density at radius 2 is 0.957 bits per heavy atom. The quantitative estimate of drug-likeness (QED) is 0.183. The van der Waals surface area contributed by atoms with E-state index in [0.717, 1.165) is 43.9 Å². The van der Waals surface area contributed by atoms with Gasteiger partial charge in [0.05, 0.1) is 27.9 Å². The van der Waals surface area contributed by atoms with E-state index in [1.807, 2.05) is 0 Å². The van der Waals surface area contributed by atoms with Gasteiger partial charge in [-0.1, -0.05) is 91.0 Å². The van der Waals surface area contributed by atoms with Gasteiger partial charge in [-0.3, -0.25) is 0 Å². The third kappa shape index (κ3) is 3.73. The number of benzene rings is 7. The highest BCUT2D eigenvalue weighted by molar-refractivity contribution is 6.65. The van der Waals surface area contributed by atoms with E-state index in [4.69, 9.17) is 13.7 Å². The average Bonchev–Trinajstić information content (AvgIpc) is 3.67. The van der Waals surface area contributed by atoms with E-state index < -0.39 is 18.3 Å². The van der Waals surface area contributed by atoms with Gasteiger partial charge in [0, 0.05) is 37.8 Å². The lowest BCUT2D eigenvalue weighted by atomic mass is 9.78. The maximum Gasteiger partial charge on any atom is 0.498 e. The summed E-state index contributed by atoms with van der Waals surface area (Å²) in [6, 6.07) is 43.9. The van der Waals surface area contributed by atoms with E-state index in [0.29, 0.717) is 0 Å². The van der Waals surface area contributed by atoms with Crippen LogP contribution in [0.1, 0.15) is 27.7 Å². The van der Waals surface area contributed by atoms with Crippen molar-refractivity contribution < 1.29 is 13.7 Å². The summed E-state index contributed by atoms with van der Waals surface area (Å²) in [5.41, 5.74) is 5.20. The van der Waals surface area contributed by atoms with E-state index in [1.54, 1.807) is 0 Å². The molecule has 0 spiro atoms. The molecule has 3 heterocycles. The molecule has 9 aromatic rings. The van der Waals surface area contributed by atoms with Crippen LogP contribution >= 0.6 is 0 Å². The van der Waals surface area contributed by atoms with Crippen LogP contribution in [-0.2, 0) is 9.31 Å². The Bertz CT molecular complexity index is 2660. The fourth-order valence-corrected chi connectivity index (χ4v) is 7.61. The van der Waals surface area contributed by atoms with E-state index in [2.05, 4.69) is 154 Å². The largest absolute Gasteiger partial charge is 0.498 e. The summed E-state index contributed by atoms with van der Waals surface area (Å²) in [5.74, 6) is 0. The highest BCUT2D eigenvalue weighted by Crippen LogP contribution is 2.43. The molecule has 0 saturated carbocycles. The summed E-state index contributed by atoms with van der Waals surface area (Å²) in [7, 11) is -0.520. The van der Waals surface area contributed by atoms with E-state index in [-0.39, 0.29) is 0 Å². The Morgan fingerprint density at radius 3 is 1.55 bits per heavy atom. The van der Waals surface area contributed by atoms with Crippen LogP contribution in [0, 0.1) is 0 Å². The number of furan rings is 1. The van der Waals surface area contributed by atoms with Crippen LogP contribution in [0.15, 0.2) is 126 Å². The fraction of sp³-hybridized carbons (Fsp3) is 0.143. The highest BCUT2D eigenvalue weighted by atomic mass is 16.7. The lowest BCUT2D eigenvalue weighted by Gasteiger charge is -2.32. The first-order chi connectivity index (χ1) is 22.8. The summed E-state index contributed by atoms with van der Waals surface area (Å²) in [6.07, 6.45) is 0. The van der Waals surface area contributed by atoms with Crippen molar-refractivity contribution in [2.45, 2.75) is 38.9 Å². The van der Waals surface area contributed by atoms with Crippen LogP contribution in [0.25, 0.3) is 81.7 Å². The molecule has 1 aliphatic rings. The van der Waals surface area contributed by atoms with Gasteiger partial charge in [0.25, 0.3) is 0 Å². The third-order valence-electron chi connectivity index (χ3n) is 10.8.